The standard InChI is InChI=1S/C13H17BrO2/c1-10-9-12(14)6-7-13(10)16-8-4-3-5-11(2)15/h6-7,9H,3-5,8H2,1-2H3. The van der Waals surface area contributed by atoms with E-state index in [1.54, 1.807) is 6.92 Å². The van der Waals surface area contributed by atoms with E-state index in [0.717, 1.165) is 28.6 Å². The van der Waals surface area contributed by atoms with Crippen molar-refractivity contribution in [3.8, 4) is 5.75 Å². The Morgan fingerprint density at radius 1 is 1.38 bits per heavy atom. The van der Waals surface area contributed by atoms with Crippen molar-refractivity contribution in [1.82, 2.24) is 0 Å². The first-order valence-electron chi connectivity index (χ1n) is 5.48. The van der Waals surface area contributed by atoms with Crippen molar-refractivity contribution < 1.29 is 9.53 Å². The van der Waals surface area contributed by atoms with Crippen molar-refractivity contribution in [2.45, 2.75) is 33.1 Å². The third kappa shape index (κ3) is 4.79. The van der Waals surface area contributed by atoms with E-state index in [1.807, 2.05) is 25.1 Å². The molecule has 0 fully saturated rings. The zero-order valence-corrected chi connectivity index (χ0v) is 11.3. The minimum atomic E-state index is 0.250. The second kappa shape index (κ2) is 6.69. The first kappa shape index (κ1) is 13.2. The number of halogens is 1. The fourth-order valence-electron chi connectivity index (χ4n) is 1.43. The fourth-order valence-corrected chi connectivity index (χ4v) is 1.91. The van der Waals surface area contributed by atoms with Crippen molar-refractivity contribution in [2.75, 3.05) is 6.61 Å². The highest BCUT2D eigenvalue weighted by molar-refractivity contribution is 9.10. The highest BCUT2D eigenvalue weighted by Gasteiger charge is 2.00. The molecule has 0 spiro atoms. The lowest BCUT2D eigenvalue weighted by molar-refractivity contribution is -0.117. The van der Waals surface area contributed by atoms with Gasteiger partial charge in [-0.05, 0) is 50.5 Å². The molecular formula is C13H17BrO2. The van der Waals surface area contributed by atoms with Crippen LogP contribution in [0.2, 0.25) is 0 Å². The van der Waals surface area contributed by atoms with Gasteiger partial charge in [-0.15, -0.1) is 0 Å². The summed E-state index contributed by atoms with van der Waals surface area (Å²) < 4.78 is 6.71. The minimum absolute atomic E-state index is 0.250. The van der Waals surface area contributed by atoms with E-state index in [0.29, 0.717) is 13.0 Å². The van der Waals surface area contributed by atoms with Gasteiger partial charge in [0.2, 0.25) is 0 Å². The van der Waals surface area contributed by atoms with Gasteiger partial charge in [0, 0.05) is 10.9 Å². The molecule has 0 aromatic heterocycles. The Labute approximate surface area is 105 Å². The van der Waals surface area contributed by atoms with Gasteiger partial charge in [-0.2, -0.15) is 0 Å². The summed E-state index contributed by atoms with van der Waals surface area (Å²) in [6, 6.07) is 5.97. The molecule has 1 aromatic rings. The van der Waals surface area contributed by atoms with E-state index in [2.05, 4.69) is 15.9 Å². The molecule has 0 saturated heterocycles. The molecule has 3 heteroatoms. The molecule has 1 aromatic carbocycles. The van der Waals surface area contributed by atoms with E-state index >= 15 is 0 Å². The molecule has 0 atom stereocenters. The summed E-state index contributed by atoms with van der Waals surface area (Å²) in [5.41, 5.74) is 1.13. The second-order valence-corrected chi connectivity index (χ2v) is 4.83. The van der Waals surface area contributed by atoms with Crippen molar-refractivity contribution in [1.29, 1.82) is 0 Å². The minimum Gasteiger partial charge on any atom is -0.493 e. The second-order valence-electron chi connectivity index (χ2n) is 3.92. The maximum atomic E-state index is 10.7. The molecule has 0 aliphatic carbocycles. The largest absolute Gasteiger partial charge is 0.493 e. The fraction of sp³-hybridized carbons (Fsp3) is 0.462. The van der Waals surface area contributed by atoms with E-state index in [9.17, 15) is 4.79 Å². The molecule has 0 unspecified atom stereocenters. The third-order valence-corrected chi connectivity index (χ3v) is 2.81. The van der Waals surface area contributed by atoms with Gasteiger partial charge in [0.15, 0.2) is 0 Å². The summed E-state index contributed by atoms with van der Waals surface area (Å²) in [7, 11) is 0. The van der Waals surface area contributed by atoms with E-state index in [-0.39, 0.29) is 5.78 Å². The predicted octanol–water partition coefficient (Wildman–Crippen LogP) is 3.90. The Hall–Kier alpha value is -0.830. The Kier molecular flexibility index (Phi) is 5.53. The third-order valence-electron chi connectivity index (χ3n) is 2.32. The molecule has 0 heterocycles. The Morgan fingerprint density at radius 2 is 2.12 bits per heavy atom. The first-order chi connectivity index (χ1) is 7.59. The Morgan fingerprint density at radius 3 is 2.75 bits per heavy atom. The van der Waals surface area contributed by atoms with Crippen molar-refractivity contribution in [3.05, 3.63) is 28.2 Å². The van der Waals surface area contributed by atoms with Gasteiger partial charge >= 0.3 is 0 Å². The molecule has 0 N–H and O–H groups in total. The summed E-state index contributed by atoms with van der Waals surface area (Å²) in [5, 5.41) is 0. The average Bonchev–Trinajstić information content (AvgIpc) is 2.20. The molecule has 0 bridgehead atoms. The van der Waals surface area contributed by atoms with Crippen LogP contribution in [0.25, 0.3) is 0 Å². The molecule has 88 valence electrons. The van der Waals surface area contributed by atoms with Crippen molar-refractivity contribution in [2.24, 2.45) is 0 Å². The number of carbonyl (C=O) groups excluding carboxylic acids is 1. The summed E-state index contributed by atoms with van der Waals surface area (Å²) in [6.45, 7) is 4.32. The van der Waals surface area contributed by atoms with Gasteiger partial charge in [0.25, 0.3) is 0 Å². The first-order valence-corrected chi connectivity index (χ1v) is 6.27. The van der Waals surface area contributed by atoms with E-state index in [1.165, 1.54) is 0 Å². The lowest BCUT2D eigenvalue weighted by Gasteiger charge is -2.08. The lowest BCUT2D eigenvalue weighted by atomic mass is 10.2. The quantitative estimate of drug-likeness (QED) is 0.741. The van der Waals surface area contributed by atoms with Crippen LogP contribution in [-0.2, 0) is 4.79 Å². The van der Waals surface area contributed by atoms with Crippen molar-refractivity contribution >= 4 is 21.7 Å². The molecule has 16 heavy (non-hydrogen) atoms. The van der Waals surface area contributed by atoms with Gasteiger partial charge in [0.1, 0.15) is 11.5 Å². The number of rotatable bonds is 6. The molecular weight excluding hydrogens is 268 g/mol. The van der Waals surface area contributed by atoms with Crippen molar-refractivity contribution in [3.63, 3.8) is 0 Å². The SMILES string of the molecule is CC(=O)CCCCOc1ccc(Br)cc1C. The average molecular weight is 285 g/mol. The number of hydrogen-bond acceptors (Lipinski definition) is 2. The summed E-state index contributed by atoms with van der Waals surface area (Å²) >= 11 is 3.41. The van der Waals surface area contributed by atoms with Gasteiger partial charge in [0.05, 0.1) is 6.61 Å². The van der Waals surface area contributed by atoms with Gasteiger partial charge in [-0.25, -0.2) is 0 Å². The molecule has 2 nitrogen and oxygen atoms in total. The van der Waals surface area contributed by atoms with Crippen LogP contribution in [0, 0.1) is 6.92 Å². The number of ketones is 1. The molecule has 0 amide bonds. The van der Waals surface area contributed by atoms with Gasteiger partial charge < -0.3 is 9.53 Å². The number of benzene rings is 1. The van der Waals surface area contributed by atoms with Crippen LogP contribution in [0.3, 0.4) is 0 Å². The van der Waals surface area contributed by atoms with Gasteiger partial charge in [-0.3, -0.25) is 0 Å². The Balaban J connectivity index is 2.29. The zero-order chi connectivity index (χ0) is 12.0. The van der Waals surface area contributed by atoms with E-state index < -0.39 is 0 Å². The van der Waals surface area contributed by atoms with Crippen LogP contribution >= 0.6 is 15.9 Å². The molecule has 0 radical (unpaired) electrons. The normalized spacial score (nSPS) is 10.2. The summed E-state index contributed by atoms with van der Waals surface area (Å²) in [5.74, 6) is 1.17. The number of Topliss-reactive ketones (excluding diaryl/α,β-unsaturated/α-hetero) is 1. The van der Waals surface area contributed by atoms with Gasteiger partial charge in [-0.1, -0.05) is 15.9 Å². The number of carbonyl (C=O) groups is 1. The number of ether oxygens (including phenoxy) is 1. The highest BCUT2D eigenvalue weighted by Crippen LogP contribution is 2.22. The monoisotopic (exact) mass is 284 g/mol. The number of unbranched alkanes of at least 4 members (excludes halogenated alkanes) is 1. The number of hydrogen-bond donors (Lipinski definition) is 0. The van der Waals surface area contributed by atoms with Crippen LogP contribution in [0.4, 0.5) is 0 Å². The number of aryl methyl sites for hydroxylation is 1. The maximum absolute atomic E-state index is 10.7. The topological polar surface area (TPSA) is 26.3 Å². The van der Waals surface area contributed by atoms with Crippen LogP contribution in [-0.4, -0.2) is 12.4 Å². The van der Waals surface area contributed by atoms with E-state index in [4.69, 9.17) is 4.74 Å². The zero-order valence-electron chi connectivity index (χ0n) is 9.75. The molecule has 0 saturated carbocycles. The van der Waals surface area contributed by atoms with Crippen LogP contribution in [0.5, 0.6) is 5.75 Å². The van der Waals surface area contributed by atoms with Crippen LogP contribution < -0.4 is 4.74 Å². The molecule has 0 aliphatic heterocycles. The Bertz CT molecular complexity index is 361. The molecule has 1 rings (SSSR count). The highest BCUT2D eigenvalue weighted by atomic mass is 79.9. The smallest absolute Gasteiger partial charge is 0.129 e. The lowest BCUT2D eigenvalue weighted by Crippen LogP contribution is -2.00. The summed E-state index contributed by atoms with van der Waals surface area (Å²) in [6.07, 6.45) is 2.49. The van der Waals surface area contributed by atoms with Crippen LogP contribution in [0.15, 0.2) is 22.7 Å². The summed E-state index contributed by atoms with van der Waals surface area (Å²) in [4.78, 5) is 10.7. The molecule has 0 aliphatic rings. The van der Waals surface area contributed by atoms with Crippen LogP contribution in [0.1, 0.15) is 31.7 Å². The predicted molar refractivity (Wildman–Crippen MR) is 68.9 cm³/mol. The maximum Gasteiger partial charge on any atom is 0.129 e.